The van der Waals surface area contributed by atoms with Gasteiger partial charge in [0, 0.05) is 18.1 Å². The van der Waals surface area contributed by atoms with Crippen LogP contribution in [-0.2, 0) is 24.3 Å². The zero-order chi connectivity index (χ0) is 24.6. The lowest BCUT2D eigenvalue weighted by atomic mass is 10.1. The van der Waals surface area contributed by atoms with Gasteiger partial charge in [0.15, 0.2) is 0 Å². The maximum absolute atomic E-state index is 10.4. The number of hydrogen-bond donors (Lipinski definition) is 2. The van der Waals surface area contributed by atoms with Crippen LogP contribution in [-0.4, -0.2) is 22.5 Å². The Hall–Kier alpha value is -3.68. The summed E-state index contributed by atoms with van der Waals surface area (Å²) in [6, 6.07) is 22.6. The molecule has 3 aromatic carbocycles. The van der Waals surface area contributed by atoms with Gasteiger partial charge in [-0.1, -0.05) is 73.7 Å². The van der Waals surface area contributed by atoms with E-state index in [9.17, 15) is 19.5 Å². The number of carboxylic acid groups (broad SMARTS) is 2. The summed E-state index contributed by atoms with van der Waals surface area (Å²) < 4.78 is 4.55. The molecular formula is C25H25ClNO6-. The molecule has 0 saturated heterocycles. The van der Waals surface area contributed by atoms with Crippen LogP contribution in [0.25, 0.3) is 0 Å². The lowest BCUT2D eigenvalue weighted by Crippen LogP contribution is -2.21. The second-order valence-electron chi connectivity index (χ2n) is 6.56. The maximum atomic E-state index is 10.4. The average molecular weight is 471 g/mol. The molecule has 0 fully saturated rings. The molecule has 0 bridgehead atoms. The Kier molecular flexibility index (Phi) is 12.6. The number of hydrogen-bond acceptors (Lipinski definition) is 6. The van der Waals surface area contributed by atoms with Crippen LogP contribution in [0.5, 0.6) is 0 Å². The normalized spacial score (nSPS) is 9.42. The van der Waals surface area contributed by atoms with Gasteiger partial charge in [0.25, 0.3) is 0 Å². The molecule has 0 atom stereocenters. The van der Waals surface area contributed by atoms with Gasteiger partial charge in [-0.2, -0.15) is 0 Å². The van der Waals surface area contributed by atoms with Crippen LogP contribution < -0.4 is 10.8 Å². The minimum Gasteiger partial charge on any atom is -0.545 e. The van der Waals surface area contributed by atoms with E-state index in [-0.39, 0.29) is 12.2 Å². The summed E-state index contributed by atoms with van der Waals surface area (Å²) in [4.78, 5) is 30.8. The molecule has 0 radical (unpaired) electrons. The average Bonchev–Trinajstić information content (AvgIpc) is 2.84. The molecule has 0 unspecified atom stereocenters. The molecule has 0 aliphatic heterocycles. The van der Waals surface area contributed by atoms with Crippen molar-refractivity contribution in [2.75, 3.05) is 0 Å². The van der Waals surface area contributed by atoms with E-state index in [1.54, 1.807) is 48.5 Å². The van der Waals surface area contributed by atoms with Crippen molar-refractivity contribution in [2.24, 2.45) is 5.73 Å². The van der Waals surface area contributed by atoms with Crippen molar-refractivity contribution in [3.63, 3.8) is 0 Å². The van der Waals surface area contributed by atoms with Crippen LogP contribution in [0.15, 0.2) is 78.9 Å². The van der Waals surface area contributed by atoms with E-state index in [1.807, 2.05) is 37.3 Å². The quantitative estimate of drug-likeness (QED) is 0.520. The van der Waals surface area contributed by atoms with Crippen molar-refractivity contribution in [3.8, 4) is 0 Å². The van der Waals surface area contributed by atoms with E-state index < -0.39 is 17.4 Å². The first-order valence-electron chi connectivity index (χ1n) is 9.95. The lowest BCUT2D eigenvalue weighted by Gasteiger charge is -2.01. The minimum absolute atomic E-state index is 0.238. The maximum Gasteiger partial charge on any atom is 0.404 e. The van der Waals surface area contributed by atoms with Crippen molar-refractivity contribution >= 4 is 29.0 Å². The van der Waals surface area contributed by atoms with Crippen molar-refractivity contribution in [1.29, 1.82) is 0 Å². The van der Waals surface area contributed by atoms with E-state index in [0.29, 0.717) is 12.1 Å². The standard InChI is InChI=1S/C9H10O2.C8H7ClO2.C8H9NO2/c1-2-7-3-5-8(6-4-7)9(10)11;9-8(10)11-6-7-4-2-1-3-5-7;9-5-6-1-3-7(4-2-6)8(10)11/h3-6H,2H2,1H3,(H,10,11);1-5H,6H2;1-4H,5,9H2,(H,10,11)/p-1. The molecule has 3 N–H and O–H groups in total. The van der Waals surface area contributed by atoms with Gasteiger partial charge in [-0.3, -0.25) is 0 Å². The molecule has 174 valence electrons. The third-order valence-electron chi connectivity index (χ3n) is 4.23. The molecule has 0 aliphatic carbocycles. The molecule has 0 heterocycles. The highest BCUT2D eigenvalue weighted by molar-refractivity contribution is 6.61. The summed E-state index contributed by atoms with van der Waals surface area (Å²) in [5, 5.41) is 18.8. The van der Waals surface area contributed by atoms with Crippen LogP contribution in [0.1, 0.15) is 44.3 Å². The van der Waals surface area contributed by atoms with Crippen LogP contribution in [0.2, 0.25) is 0 Å². The van der Waals surface area contributed by atoms with Crippen molar-refractivity contribution in [2.45, 2.75) is 26.5 Å². The number of halogens is 1. The summed E-state index contributed by atoms with van der Waals surface area (Å²) in [5.41, 5.74) is 8.10. The number of rotatable bonds is 6. The van der Waals surface area contributed by atoms with Crippen LogP contribution in [0, 0.1) is 0 Å². The smallest absolute Gasteiger partial charge is 0.404 e. The van der Waals surface area contributed by atoms with E-state index in [0.717, 1.165) is 23.1 Å². The fourth-order valence-electron chi connectivity index (χ4n) is 2.37. The van der Waals surface area contributed by atoms with Crippen LogP contribution in [0.3, 0.4) is 0 Å². The highest BCUT2D eigenvalue weighted by Gasteiger charge is 1.99. The number of carbonyl (C=O) groups excluding carboxylic acids is 2. The van der Waals surface area contributed by atoms with Crippen molar-refractivity contribution in [3.05, 3.63) is 107 Å². The van der Waals surface area contributed by atoms with E-state index in [2.05, 4.69) is 4.74 Å². The molecule has 0 aliphatic rings. The monoisotopic (exact) mass is 470 g/mol. The summed E-state index contributed by atoms with van der Waals surface area (Å²) in [7, 11) is 0. The second kappa shape index (κ2) is 15.2. The van der Waals surface area contributed by atoms with Gasteiger partial charge in [0.2, 0.25) is 0 Å². The van der Waals surface area contributed by atoms with Gasteiger partial charge < -0.3 is 25.5 Å². The molecular weight excluding hydrogens is 446 g/mol. The Bertz CT molecular complexity index is 948. The molecule has 33 heavy (non-hydrogen) atoms. The number of benzene rings is 3. The summed E-state index contributed by atoms with van der Waals surface area (Å²) >= 11 is 4.97. The number of carboxylic acids is 2. The molecule has 7 nitrogen and oxygen atoms in total. The number of aryl methyl sites for hydroxylation is 1. The van der Waals surface area contributed by atoms with E-state index in [4.69, 9.17) is 22.4 Å². The largest absolute Gasteiger partial charge is 0.545 e. The topological polar surface area (TPSA) is 130 Å². The second-order valence-corrected chi connectivity index (χ2v) is 6.86. The fourth-order valence-corrected chi connectivity index (χ4v) is 2.43. The van der Waals surface area contributed by atoms with Gasteiger partial charge in [-0.15, -0.1) is 0 Å². The Morgan fingerprint density at radius 3 is 1.79 bits per heavy atom. The van der Waals surface area contributed by atoms with Gasteiger partial charge in [-0.25, -0.2) is 9.59 Å². The SMILES string of the molecule is CCc1ccc(C(=O)[O-])cc1.NCc1ccc(C(=O)O)cc1.O=C(Cl)OCc1ccccc1. The molecule has 0 spiro atoms. The first kappa shape index (κ1) is 27.4. The predicted octanol–water partition coefficient (Wildman–Crippen LogP) is 4.02. The van der Waals surface area contributed by atoms with Crippen molar-refractivity contribution < 1.29 is 29.3 Å². The minimum atomic E-state index is -1.12. The molecule has 3 aromatic rings. The van der Waals surface area contributed by atoms with Gasteiger partial charge in [0.05, 0.1) is 11.5 Å². The molecule has 3 rings (SSSR count). The Morgan fingerprint density at radius 1 is 0.848 bits per heavy atom. The fraction of sp³-hybridized carbons (Fsp3) is 0.160. The molecule has 0 saturated carbocycles. The van der Waals surface area contributed by atoms with Crippen LogP contribution >= 0.6 is 11.6 Å². The first-order valence-corrected chi connectivity index (χ1v) is 10.3. The third kappa shape index (κ3) is 11.5. The number of aromatic carboxylic acids is 2. The van der Waals surface area contributed by atoms with E-state index in [1.165, 1.54) is 0 Å². The third-order valence-corrected chi connectivity index (χ3v) is 4.34. The van der Waals surface area contributed by atoms with Crippen molar-refractivity contribution in [1.82, 2.24) is 0 Å². The summed E-state index contributed by atoms with van der Waals surface area (Å²) in [5.74, 6) is -2.03. The van der Waals surface area contributed by atoms with E-state index >= 15 is 0 Å². The predicted molar refractivity (Wildman–Crippen MR) is 124 cm³/mol. The highest BCUT2D eigenvalue weighted by Crippen LogP contribution is 2.04. The Morgan fingerprint density at radius 2 is 1.36 bits per heavy atom. The Balaban J connectivity index is 0.000000247. The van der Waals surface area contributed by atoms with Crippen LogP contribution in [0.4, 0.5) is 4.79 Å². The van der Waals surface area contributed by atoms with Gasteiger partial charge >= 0.3 is 11.4 Å². The zero-order valence-electron chi connectivity index (χ0n) is 18.1. The molecule has 0 amide bonds. The van der Waals surface area contributed by atoms with Gasteiger partial charge in [0.1, 0.15) is 6.61 Å². The summed E-state index contributed by atoms with van der Waals surface area (Å²) in [6.07, 6.45) is 0.924. The summed E-state index contributed by atoms with van der Waals surface area (Å²) in [6.45, 7) is 2.71. The zero-order valence-corrected chi connectivity index (χ0v) is 18.8. The Labute approximate surface area is 197 Å². The number of nitrogens with two attached hydrogens (primary N) is 1. The number of ether oxygens (including phenoxy) is 1. The lowest BCUT2D eigenvalue weighted by molar-refractivity contribution is -0.255. The first-order chi connectivity index (χ1) is 15.8. The number of carbonyl (C=O) groups is 3. The van der Waals surface area contributed by atoms with Gasteiger partial charge in [-0.05, 0) is 40.8 Å². The molecule has 0 aromatic heterocycles. The highest BCUT2D eigenvalue weighted by atomic mass is 35.5. The molecule has 8 heteroatoms.